The van der Waals surface area contributed by atoms with Crippen LogP contribution in [0.2, 0.25) is 0 Å². The number of pyridine rings is 1. The van der Waals surface area contributed by atoms with Gasteiger partial charge in [-0.3, -0.25) is 4.79 Å². The summed E-state index contributed by atoms with van der Waals surface area (Å²) in [5.41, 5.74) is 8.72. The van der Waals surface area contributed by atoms with Crippen LogP contribution in [-0.2, 0) is 11.2 Å². The highest BCUT2D eigenvalue weighted by atomic mass is 79.9. The summed E-state index contributed by atoms with van der Waals surface area (Å²) in [6.45, 7) is 1.85. The zero-order chi connectivity index (χ0) is 13.8. The van der Waals surface area contributed by atoms with E-state index in [1.165, 1.54) is 0 Å². The van der Waals surface area contributed by atoms with Crippen LogP contribution in [0.15, 0.2) is 41.0 Å². The molecule has 0 spiro atoms. The lowest BCUT2D eigenvalue weighted by atomic mass is 10.1. The smallest absolute Gasteiger partial charge is 0.228 e. The second-order valence-electron chi connectivity index (χ2n) is 4.24. The average molecular weight is 320 g/mol. The first-order chi connectivity index (χ1) is 9.04. The van der Waals surface area contributed by atoms with Crippen molar-refractivity contribution in [2.24, 2.45) is 0 Å². The van der Waals surface area contributed by atoms with Gasteiger partial charge in [0.25, 0.3) is 0 Å². The molecule has 3 N–H and O–H groups in total. The van der Waals surface area contributed by atoms with E-state index in [1.54, 1.807) is 18.2 Å². The topological polar surface area (TPSA) is 68.0 Å². The van der Waals surface area contributed by atoms with Crippen LogP contribution < -0.4 is 11.1 Å². The fraction of sp³-hybridized carbons (Fsp3) is 0.143. The van der Waals surface area contributed by atoms with Gasteiger partial charge in [-0.15, -0.1) is 0 Å². The van der Waals surface area contributed by atoms with E-state index in [-0.39, 0.29) is 5.91 Å². The zero-order valence-electron chi connectivity index (χ0n) is 10.5. The number of aryl methyl sites for hydroxylation is 1. The lowest BCUT2D eigenvalue weighted by Crippen LogP contribution is -2.15. The molecule has 4 nitrogen and oxygen atoms in total. The maximum Gasteiger partial charge on any atom is 0.228 e. The van der Waals surface area contributed by atoms with Crippen LogP contribution in [0.1, 0.15) is 11.3 Å². The van der Waals surface area contributed by atoms with Crippen molar-refractivity contribution in [2.75, 3.05) is 11.1 Å². The second-order valence-corrected chi connectivity index (χ2v) is 5.05. The van der Waals surface area contributed by atoms with Crippen LogP contribution >= 0.6 is 15.9 Å². The normalized spacial score (nSPS) is 10.2. The summed E-state index contributed by atoms with van der Waals surface area (Å²) in [4.78, 5) is 16.2. The number of aromatic nitrogens is 1. The highest BCUT2D eigenvalue weighted by molar-refractivity contribution is 9.10. The number of carbonyl (C=O) groups is 1. The molecule has 1 aromatic heterocycles. The number of hydrogen-bond acceptors (Lipinski definition) is 3. The number of nitrogen functional groups attached to an aromatic ring is 1. The van der Waals surface area contributed by atoms with E-state index in [2.05, 4.69) is 26.2 Å². The van der Waals surface area contributed by atoms with Gasteiger partial charge in [0.2, 0.25) is 5.91 Å². The molecule has 0 aliphatic heterocycles. The first-order valence-corrected chi connectivity index (χ1v) is 6.61. The van der Waals surface area contributed by atoms with Crippen LogP contribution in [-0.4, -0.2) is 10.9 Å². The molecule has 0 saturated carbocycles. The predicted molar refractivity (Wildman–Crippen MR) is 79.9 cm³/mol. The lowest BCUT2D eigenvalue weighted by Gasteiger charge is -2.08. The molecular weight excluding hydrogens is 306 g/mol. The standard InChI is InChI=1S/C14H14BrN3O/c1-9-12(5-6-13(15)17-9)18-14(19)8-10-3-2-4-11(16)7-10/h2-7H,8,16H2,1H3,(H,18,19). The Hall–Kier alpha value is -1.88. The van der Waals surface area contributed by atoms with Gasteiger partial charge in [-0.05, 0) is 52.7 Å². The number of rotatable bonds is 3. The number of halogens is 1. The van der Waals surface area contributed by atoms with Crippen LogP contribution in [0, 0.1) is 6.92 Å². The Morgan fingerprint density at radius 2 is 2.16 bits per heavy atom. The molecule has 19 heavy (non-hydrogen) atoms. The maximum atomic E-state index is 11.9. The van der Waals surface area contributed by atoms with E-state index in [0.29, 0.717) is 12.1 Å². The number of benzene rings is 1. The van der Waals surface area contributed by atoms with Crippen LogP contribution in [0.25, 0.3) is 0 Å². The molecule has 1 heterocycles. The molecule has 0 bridgehead atoms. The van der Waals surface area contributed by atoms with E-state index in [9.17, 15) is 4.79 Å². The van der Waals surface area contributed by atoms with Gasteiger partial charge < -0.3 is 11.1 Å². The Morgan fingerprint density at radius 3 is 2.84 bits per heavy atom. The number of nitrogens with zero attached hydrogens (tertiary/aromatic N) is 1. The summed E-state index contributed by atoms with van der Waals surface area (Å²) in [5.74, 6) is -0.0853. The van der Waals surface area contributed by atoms with Crippen LogP contribution in [0.3, 0.4) is 0 Å². The van der Waals surface area contributed by atoms with E-state index >= 15 is 0 Å². The van der Waals surface area contributed by atoms with E-state index in [1.807, 2.05) is 25.1 Å². The summed E-state index contributed by atoms with van der Waals surface area (Å²) in [5, 5.41) is 2.84. The summed E-state index contributed by atoms with van der Waals surface area (Å²) < 4.78 is 0.749. The van der Waals surface area contributed by atoms with E-state index in [4.69, 9.17) is 5.73 Å². The minimum Gasteiger partial charge on any atom is -0.399 e. The molecule has 0 aliphatic rings. The number of nitrogens with one attached hydrogen (secondary N) is 1. The number of amides is 1. The second kappa shape index (κ2) is 5.84. The molecule has 98 valence electrons. The molecule has 1 amide bonds. The van der Waals surface area contributed by atoms with Crippen molar-refractivity contribution in [1.82, 2.24) is 4.98 Å². The summed E-state index contributed by atoms with van der Waals surface area (Å²) in [6, 6.07) is 10.9. The van der Waals surface area contributed by atoms with Crippen molar-refractivity contribution in [3.8, 4) is 0 Å². The first kappa shape index (κ1) is 13.5. The predicted octanol–water partition coefficient (Wildman–Crippen LogP) is 2.92. The third kappa shape index (κ3) is 3.79. The monoisotopic (exact) mass is 319 g/mol. The molecule has 2 aromatic rings. The molecule has 5 heteroatoms. The van der Waals surface area contributed by atoms with Crippen molar-refractivity contribution in [3.63, 3.8) is 0 Å². The van der Waals surface area contributed by atoms with Crippen molar-refractivity contribution < 1.29 is 4.79 Å². The van der Waals surface area contributed by atoms with Gasteiger partial charge in [0.15, 0.2) is 0 Å². The molecule has 0 unspecified atom stereocenters. The van der Waals surface area contributed by atoms with Crippen LogP contribution in [0.5, 0.6) is 0 Å². The average Bonchev–Trinajstić information content (AvgIpc) is 2.33. The van der Waals surface area contributed by atoms with Gasteiger partial charge in [-0.1, -0.05) is 12.1 Å². The van der Waals surface area contributed by atoms with Crippen molar-refractivity contribution in [2.45, 2.75) is 13.3 Å². The number of hydrogen-bond donors (Lipinski definition) is 2. The number of anilines is 2. The fourth-order valence-electron chi connectivity index (χ4n) is 1.75. The number of nitrogens with two attached hydrogens (primary N) is 1. The van der Waals surface area contributed by atoms with Crippen molar-refractivity contribution in [1.29, 1.82) is 0 Å². The number of carbonyl (C=O) groups excluding carboxylic acids is 1. The minimum absolute atomic E-state index is 0.0853. The summed E-state index contributed by atoms with van der Waals surface area (Å²) >= 11 is 3.29. The Labute approximate surface area is 120 Å². The summed E-state index contributed by atoms with van der Waals surface area (Å²) in [7, 11) is 0. The molecular formula is C14H14BrN3O. The van der Waals surface area contributed by atoms with Gasteiger partial charge in [-0.2, -0.15) is 0 Å². The van der Waals surface area contributed by atoms with Gasteiger partial charge >= 0.3 is 0 Å². The molecule has 0 aliphatic carbocycles. The maximum absolute atomic E-state index is 11.9. The van der Waals surface area contributed by atoms with Gasteiger partial charge in [0, 0.05) is 5.69 Å². The lowest BCUT2D eigenvalue weighted by molar-refractivity contribution is -0.115. The molecule has 0 atom stereocenters. The molecule has 0 saturated heterocycles. The summed E-state index contributed by atoms with van der Waals surface area (Å²) in [6.07, 6.45) is 0.292. The van der Waals surface area contributed by atoms with Crippen molar-refractivity contribution >= 4 is 33.2 Å². The van der Waals surface area contributed by atoms with Crippen LogP contribution in [0.4, 0.5) is 11.4 Å². The minimum atomic E-state index is -0.0853. The molecule has 1 aromatic carbocycles. The Morgan fingerprint density at radius 1 is 1.37 bits per heavy atom. The Balaban J connectivity index is 2.05. The highest BCUT2D eigenvalue weighted by Crippen LogP contribution is 2.16. The Kier molecular flexibility index (Phi) is 4.16. The highest BCUT2D eigenvalue weighted by Gasteiger charge is 2.07. The molecule has 0 radical (unpaired) electrons. The SMILES string of the molecule is Cc1nc(Br)ccc1NC(=O)Cc1cccc(N)c1. The zero-order valence-corrected chi connectivity index (χ0v) is 12.1. The third-order valence-corrected chi connectivity index (χ3v) is 3.08. The van der Waals surface area contributed by atoms with Gasteiger partial charge in [0.05, 0.1) is 17.8 Å². The third-order valence-electron chi connectivity index (χ3n) is 2.64. The van der Waals surface area contributed by atoms with Crippen molar-refractivity contribution in [3.05, 3.63) is 52.3 Å². The largest absolute Gasteiger partial charge is 0.399 e. The van der Waals surface area contributed by atoms with Gasteiger partial charge in [-0.25, -0.2) is 4.98 Å². The fourth-order valence-corrected chi connectivity index (χ4v) is 2.14. The molecule has 0 fully saturated rings. The Bertz CT molecular complexity index is 613. The first-order valence-electron chi connectivity index (χ1n) is 5.82. The quantitative estimate of drug-likeness (QED) is 0.675. The molecule has 2 rings (SSSR count). The van der Waals surface area contributed by atoms with Gasteiger partial charge in [0.1, 0.15) is 4.60 Å². The van der Waals surface area contributed by atoms with E-state index in [0.717, 1.165) is 21.5 Å². The van der Waals surface area contributed by atoms with E-state index < -0.39 is 0 Å².